The van der Waals surface area contributed by atoms with E-state index in [4.69, 9.17) is 0 Å². The predicted molar refractivity (Wildman–Crippen MR) is 94.4 cm³/mol. The number of rotatable bonds is 6. The lowest BCUT2D eigenvalue weighted by atomic mass is 10.2. The van der Waals surface area contributed by atoms with E-state index in [0.717, 1.165) is 22.6 Å². The maximum Gasteiger partial charge on any atom is 0.233 e. The van der Waals surface area contributed by atoms with E-state index in [1.807, 2.05) is 51.1 Å². The number of carbonyl (C=O) groups excluding carboxylic acids is 1. The summed E-state index contributed by atoms with van der Waals surface area (Å²) in [7, 11) is 0. The fourth-order valence-electron chi connectivity index (χ4n) is 2.27. The summed E-state index contributed by atoms with van der Waals surface area (Å²) in [5.41, 5.74) is 3.74. The summed E-state index contributed by atoms with van der Waals surface area (Å²) >= 11 is 1.31. The van der Waals surface area contributed by atoms with E-state index in [1.54, 1.807) is 4.68 Å². The Labute approximate surface area is 149 Å². The molecule has 0 aliphatic carbocycles. The minimum Gasteiger partial charge on any atom is -0.349 e. The summed E-state index contributed by atoms with van der Waals surface area (Å²) in [6, 6.07) is 9.77. The van der Waals surface area contributed by atoms with Gasteiger partial charge in [0, 0.05) is 5.69 Å². The van der Waals surface area contributed by atoms with Gasteiger partial charge in [-0.2, -0.15) is 9.78 Å². The first-order valence-electron chi connectivity index (χ1n) is 7.83. The molecular formula is C16H19N7OS. The molecule has 2 N–H and O–H groups in total. The van der Waals surface area contributed by atoms with Crippen molar-refractivity contribution in [2.24, 2.45) is 0 Å². The monoisotopic (exact) mass is 357 g/mol. The largest absolute Gasteiger partial charge is 0.349 e. The molecule has 0 fully saturated rings. The molecule has 130 valence electrons. The Morgan fingerprint density at radius 3 is 2.92 bits per heavy atom. The molecule has 0 radical (unpaired) electrons. The first-order valence-corrected chi connectivity index (χ1v) is 8.71. The van der Waals surface area contributed by atoms with Gasteiger partial charge in [0.1, 0.15) is 0 Å². The van der Waals surface area contributed by atoms with E-state index >= 15 is 0 Å². The Kier molecular flexibility index (Phi) is 5.13. The number of aryl methyl sites for hydroxylation is 2. The van der Waals surface area contributed by atoms with Gasteiger partial charge in [-0.25, -0.2) is 0 Å². The number of nitrogens with one attached hydrogen (secondary N) is 2. The lowest BCUT2D eigenvalue weighted by Crippen LogP contribution is -2.30. The summed E-state index contributed by atoms with van der Waals surface area (Å²) < 4.78 is 1.64. The molecular weight excluding hydrogens is 338 g/mol. The van der Waals surface area contributed by atoms with Crippen LogP contribution in [0.4, 0.5) is 0 Å². The average Bonchev–Trinajstić information content (AvgIpc) is 3.21. The van der Waals surface area contributed by atoms with Gasteiger partial charge in [-0.3, -0.25) is 9.89 Å². The number of benzene rings is 1. The lowest BCUT2D eigenvalue weighted by molar-refractivity contribution is -0.120. The van der Waals surface area contributed by atoms with Crippen molar-refractivity contribution in [2.75, 3.05) is 0 Å². The van der Waals surface area contributed by atoms with Crippen LogP contribution in [0.15, 0.2) is 35.5 Å². The number of H-pyrrole nitrogens is 1. The van der Waals surface area contributed by atoms with Crippen LogP contribution < -0.4 is 5.32 Å². The highest BCUT2D eigenvalue weighted by Crippen LogP contribution is 2.23. The van der Waals surface area contributed by atoms with Crippen molar-refractivity contribution in [1.29, 1.82) is 0 Å². The molecule has 3 aromatic rings. The smallest absolute Gasteiger partial charge is 0.233 e. The van der Waals surface area contributed by atoms with Crippen LogP contribution in [-0.2, 0) is 11.3 Å². The fourth-order valence-corrected chi connectivity index (χ4v) is 3.10. The van der Waals surface area contributed by atoms with Gasteiger partial charge in [-0.15, -0.1) is 5.10 Å². The fraction of sp³-hybridized carbons (Fsp3) is 0.312. The van der Waals surface area contributed by atoms with E-state index in [2.05, 4.69) is 31.0 Å². The Morgan fingerprint density at radius 2 is 2.20 bits per heavy atom. The Morgan fingerprint density at radius 1 is 1.36 bits per heavy atom. The van der Waals surface area contributed by atoms with Gasteiger partial charge in [0.2, 0.25) is 11.1 Å². The molecule has 1 amide bonds. The van der Waals surface area contributed by atoms with Gasteiger partial charge in [0.15, 0.2) is 0 Å². The second-order valence-electron chi connectivity index (χ2n) is 5.73. The third-order valence-corrected chi connectivity index (χ3v) is 4.57. The topological polar surface area (TPSA) is 101 Å². The molecule has 1 aromatic carbocycles. The minimum absolute atomic E-state index is 0.0931. The van der Waals surface area contributed by atoms with Gasteiger partial charge in [0.25, 0.3) is 0 Å². The van der Waals surface area contributed by atoms with Crippen molar-refractivity contribution in [1.82, 2.24) is 35.7 Å². The Hall–Kier alpha value is -2.68. The first kappa shape index (κ1) is 17.2. The molecule has 3 rings (SSSR count). The molecule has 25 heavy (non-hydrogen) atoms. The molecule has 8 nitrogen and oxygen atoms in total. The maximum atomic E-state index is 12.3. The number of hydrogen-bond acceptors (Lipinski definition) is 6. The second-order valence-corrected chi connectivity index (χ2v) is 7.04. The molecule has 1 unspecified atom stereocenters. The van der Waals surface area contributed by atoms with Crippen molar-refractivity contribution in [2.45, 2.75) is 37.7 Å². The van der Waals surface area contributed by atoms with Crippen LogP contribution in [0.3, 0.4) is 0 Å². The molecule has 9 heteroatoms. The van der Waals surface area contributed by atoms with E-state index in [1.165, 1.54) is 11.8 Å². The summed E-state index contributed by atoms with van der Waals surface area (Å²) in [5.74, 6) is -0.0931. The van der Waals surface area contributed by atoms with Crippen molar-refractivity contribution >= 4 is 17.7 Å². The number of carbonyl (C=O) groups is 1. The van der Waals surface area contributed by atoms with Crippen LogP contribution in [0.2, 0.25) is 0 Å². The number of aromatic amines is 1. The number of nitrogens with zero attached hydrogens (tertiary/aromatic N) is 5. The van der Waals surface area contributed by atoms with Gasteiger partial charge >= 0.3 is 0 Å². The van der Waals surface area contributed by atoms with Crippen molar-refractivity contribution in [3.05, 3.63) is 47.3 Å². The first-order chi connectivity index (χ1) is 12.0. The molecule has 0 aliphatic rings. The quantitative estimate of drug-likeness (QED) is 0.652. The van der Waals surface area contributed by atoms with Crippen LogP contribution >= 0.6 is 11.8 Å². The van der Waals surface area contributed by atoms with Crippen LogP contribution in [0, 0.1) is 13.8 Å². The van der Waals surface area contributed by atoms with Crippen molar-refractivity contribution in [3.63, 3.8) is 0 Å². The van der Waals surface area contributed by atoms with Crippen LogP contribution in [0.5, 0.6) is 0 Å². The molecule has 2 aromatic heterocycles. The number of tetrazole rings is 1. The zero-order valence-corrected chi connectivity index (χ0v) is 15.0. The summed E-state index contributed by atoms with van der Waals surface area (Å²) in [4.78, 5) is 12.3. The molecule has 1 atom stereocenters. The average molecular weight is 357 g/mol. The van der Waals surface area contributed by atoms with Crippen molar-refractivity contribution in [3.8, 4) is 5.69 Å². The molecule has 0 spiro atoms. The van der Waals surface area contributed by atoms with Gasteiger partial charge in [-0.05, 0) is 55.0 Å². The molecule has 0 saturated heterocycles. The molecule has 0 bridgehead atoms. The van der Waals surface area contributed by atoms with E-state index in [-0.39, 0.29) is 11.2 Å². The highest BCUT2D eigenvalue weighted by atomic mass is 32.2. The van der Waals surface area contributed by atoms with Crippen LogP contribution in [-0.4, -0.2) is 41.6 Å². The normalized spacial score (nSPS) is 12.1. The Balaban J connectivity index is 1.64. The maximum absolute atomic E-state index is 12.3. The van der Waals surface area contributed by atoms with E-state index < -0.39 is 0 Å². The van der Waals surface area contributed by atoms with E-state index in [9.17, 15) is 4.79 Å². The standard InChI is InChI=1S/C16H19N7OS/c1-10-5-4-6-14(7-10)23-16(20-21-22-23)25-12(3)15(24)17-9-13-8-11(2)18-19-13/h4-8,12H,9H2,1-3H3,(H,17,24)(H,18,19). The third-order valence-electron chi connectivity index (χ3n) is 3.54. The SMILES string of the molecule is Cc1cccc(-n2nnnc2SC(C)C(=O)NCc2cc(C)[nH]n2)c1. The zero-order chi connectivity index (χ0) is 17.8. The minimum atomic E-state index is -0.338. The van der Waals surface area contributed by atoms with Gasteiger partial charge < -0.3 is 5.32 Å². The van der Waals surface area contributed by atoms with Gasteiger partial charge in [-0.1, -0.05) is 23.9 Å². The summed E-state index contributed by atoms with van der Waals surface area (Å²) in [6.07, 6.45) is 0. The van der Waals surface area contributed by atoms with Crippen LogP contribution in [0.1, 0.15) is 23.9 Å². The number of amides is 1. The number of thioether (sulfide) groups is 1. The third kappa shape index (κ3) is 4.24. The second kappa shape index (κ2) is 7.47. The van der Waals surface area contributed by atoms with E-state index in [0.29, 0.717) is 11.7 Å². The molecule has 0 aliphatic heterocycles. The summed E-state index contributed by atoms with van der Waals surface area (Å²) in [6.45, 7) is 6.14. The van der Waals surface area contributed by atoms with Crippen LogP contribution in [0.25, 0.3) is 5.69 Å². The zero-order valence-electron chi connectivity index (χ0n) is 14.2. The highest BCUT2D eigenvalue weighted by Gasteiger charge is 2.19. The lowest BCUT2D eigenvalue weighted by Gasteiger charge is -2.11. The molecule has 0 saturated carbocycles. The van der Waals surface area contributed by atoms with Crippen molar-refractivity contribution < 1.29 is 4.79 Å². The highest BCUT2D eigenvalue weighted by molar-refractivity contribution is 8.00. The number of aromatic nitrogens is 6. The Bertz CT molecular complexity index is 873. The molecule has 2 heterocycles. The number of hydrogen-bond donors (Lipinski definition) is 2. The summed E-state index contributed by atoms with van der Waals surface area (Å²) in [5, 5.41) is 21.9. The predicted octanol–water partition coefficient (Wildman–Crippen LogP) is 1.80. The van der Waals surface area contributed by atoms with Gasteiger partial charge in [0.05, 0.1) is 23.2 Å².